The van der Waals surface area contributed by atoms with Gasteiger partial charge in [-0.3, -0.25) is 0 Å². The van der Waals surface area contributed by atoms with Gasteiger partial charge >= 0.3 is 11.8 Å². The molecule has 8 rings (SSSR count). The Hall–Kier alpha value is -5.36. The normalized spacial score (nSPS) is 27.0. The van der Waals surface area contributed by atoms with Crippen molar-refractivity contribution in [2.75, 3.05) is 6.61 Å². The third-order valence-corrected chi connectivity index (χ3v) is 13.1. The lowest BCUT2D eigenvalue weighted by Crippen LogP contribution is -2.70. The zero-order valence-electron chi connectivity index (χ0n) is 38.9. The summed E-state index contributed by atoms with van der Waals surface area (Å²) < 4.78 is 88.4. The molecule has 372 valence electrons. The van der Waals surface area contributed by atoms with E-state index in [1.54, 1.807) is 54.6 Å². The fraction of sp³-hybridized carbons (Fsp3) is 0.357. The van der Waals surface area contributed by atoms with E-state index in [-0.39, 0.29) is 43.1 Å². The van der Waals surface area contributed by atoms with Gasteiger partial charge < -0.3 is 49.6 Å². The second-order valence-electron chi connectivity index (χ2n) is 17.8. The smallest absolute Gasteiger partial charge is 0.328 e. The second kappa shape index (κ2) is 22.8. The summed E-state index contributed by atoms with van der Waals surface area (Å²) in [7, 11) is 0. The van der Waals surface area contributed by atoms with E-state index in [2.05, 4.69) is 0 Å². The van der Waals surface area contributed by atoms with Crippen molar-refractivity contribution in [3.05, 3.63) is 214 Å². The number of aliphatic hydroxyl groups excluding tert-OH is 4. The Morgan fingerprint density at radius 3 is 1.34 bits per heavy atom. The summed E-state index contributed by atoms with van der Waals surface area (Å²) in [6.07, 6.45) is -10.4. The van der Waals surface area contributed by atoms with E-state index in [1.807, 2.05) is 105 Å². The van der Waals surface area contributed by atoms with Gasteiger partial charge in [0.15, 0.2) is 0 Å². The van der Waals surface area contributed by atoms with Crippen LogP contribution in [0.4, 0.5) is 17.6 Å². The molecule has 10 atom stereocenters. The van der Waals surface area contributed by atoms with Crippen molar-refractivity contribution in [1.82, 2.24) is 0 Å². The standard InChI is InChI=1S/C36H38F2O4.C20H22F2O6/c1-3-32-26(2)33(40-24-28-17-9-5-10-18-28)34(41-25-29-19-11-6-12-20-29)36(39,42-32)35(37,38)31-22-14-13-21-30(31)23-27-15-7-4-8-16-27;21-19(22,20(27)18(26)17(25)16(24)15(11-23)28-20)14-9-5-4-8-13(14)10-12-6-2-1-3-7-12/h4-22,26,32-34,39H,3,23-25H2,1-2H3;1-9,15-18,23-27H,10-11H2/t26-,32-,33+,34-,36-;15-,16-,17+,18-,20-/m11/s1. The Bertz CT molecular complexity index is 2540. The molecule has 2 fully saturated rings. The summed E-state index contributed by atoms with van der Waals surface area (Å²) in [5.41, 5.74) is 3.03. The van der Waals surface area contributed by atoms with E-state index in [1.165, 1.54) is 18.2 Å². The summed E-state index contributed by atoms with van der Waals surface area (Å²) in [4.78, 5) is 0. The largest absolute Gasteiger partial charge is 0.394 e. The highest BCUT2D eigenvalue weighted by atomic mass is 19.3. The Morgan fingerprint density at radius 2 is 0.900 bits per heavy atom. The molecule has 0 spiro atoms. The number of ether oxygens (including phenoxy) is 4. The van der Waals surface area contributed by atoms with E-state index in [0.717, 1.165) is 28.3 Å². The molecule has 0 aromatic heterocycles. The third kappa shape index (κ3) is 11.1. The quantitative estimate of drug-likeness (QED) is 0.0523. The summed E-state index contributed by atoms with van der Waals surface area (Å²) in [6.45, 7) is 3.03. The van der Waals surface area contributed by atoms with E-state index in [9.17, 15) is 30.6 Å². The van der Waals surface area contributed by atoms with Crippen LogP contribution in [-0.4, -0.2) is 91.5 Å². The second-order valence-corrected chi connectivity index (χ2v) is 17.8. The maximum absolute atomic E-state index is 17.0. The van der Waals surface area contributed by atoms with Crippen LogP contribution in [0.2, 0.25) is 0 Å². The number of alkyl halides is 4. The van der Waals surface area contributed by atoms with Gasteiger partial charge in [0.1, 0.15) is 30.5 Å². The lowest BCUT2D eigenvalue weighted by molar-refractivity contribution is -0.419. The first-order valence-corrected chi connectivity index (χ1v) is 23.3. The van der Waals surface area contributed by atoms with Crippen LogP contribution in [0.1, 0.15) is 64.8 Å². The molecule has 0 aliphatic carbocycles. The molecule has 14 heteroatoms. The van der Waals surface area contributed by atoms with Crippen LogP contribution in [-0.2, 0) is 56.8 Å². The molecule has 70 heavy (non-hydrogen) atoms. The van der Waals surface area contributed by atoms with Gasteiger partial charge in [0.2, 0.25) is 0 Å². The summed E-state index contributed by atoms with van der Waals surface area (Å²) in [5.74, 6) is -14.9. The Kier molecular flexibility index (Phi) is 17.1. The fourth-order valence-electron chi connectivity index (χ4n) is 9.19. The van der Waals surface area contributed by atoms with Crippen LogP contribution < -0.4 is 0 Å². The Morgan fingerprint density at radius 1 is 0.514 bits per heavy atom. The molecular formula is C56H60F4O10. The highest BCUT2D eigenvalue weighted by Crippen LogP contribution is 2.51. The van der Waals surface area contributed by atoms with Gasteiger partial charge in [0, 0.05) is 17.0 Å². The van der Waals surface area contributed by atoms with Gasteiger partial charge in [-0.2, -0.15) is 17.6 Å². The molecule has 6 N–H and O–H groups in total. The van der Waals surface area contributed by atoms with Crippen molar-refractivity contribution in [3.8, 4) is 0 Å². The van der Waals surface area contributed by atoms with Crippen molar-refractivity contribution >= 4 is 0 Å². The predicted octanol–water partition coefficient (Wildman–Crippen LogP) is 8.21. The van der Waals surface area contributed by atoms with Gasteiger partial charge in [0.25, 0.3) is 11.6 Å². The third-order valence-electron chi connectivity index (χ3n) is 13.1. The lowest BCUT2D eigenvalue weighted by Gasteiger charge is -2.52. The molecule has 0 bridgehead atoms. The fourth-order valence-corrected chi connectivity index (χ4v) is 9.19. The van der Waals surface area contributed by atoms with Gasteiger partial charge in [-0.15, -0.1) is 0 Å². The molecule has 2 saturated heterocycles. The number of hydrogen-bond acceptors (Lipinski definition) is 10. The molecule has 2 aliphatic heterocycles. The Labute approximate surface area is 405 Å². The molecule has 0 unspecified atom stereocenters. The van der Waals surface area contributed by atoms with E-state index in [0.29, 0.717) is 12.0 Å². The minimum absolute atomic E-state index is 0.00757. The molecule has 6 aromatic carbocycles. The first kappa shape index (κ1) is 52.5. The molecule has 10 nitrogen and oxygen atoms in total. The van der Waals surface area contributed by atoms with Gasteiger partial charge in [0.05, 0.1) is 32.0 Å². The number of halogens is 4. The van der Waals surface area contributed by atoms with Crippen LogP contribution >= 0.6 is 0 Å². The van der Waals surface area contributed by atoms with Crippen LogP contribution in [0.5, 0.6) is 0 Å². The summed E-state index contributed by atoms with van der Waals surface area (Å²) >= 11 is 0. The average molecular weight is 969 g/mol. The van der Waals surface area contributed by atoms with Crippen molar-refractivity contribution in [2.24, 2.45) is 5.92 Å². The van der Waals surface area contributed by atoms with Crippen molar-refractivity contribution in [1.29, 1.82) is 0 Å². The zero-order valence-corrected chi connectivity index (χ0v) is 38.9. The molecule has 6 aromatic rings. The van der Waals surface area contributed by atoms with Gasteiger partial charge in [-0.1, -0.05) is 184 Å². The number of aliphatic hydroxyl groups is 6. The minimum Gasteiger partial charge on any atom is -0.394 e. The molecule has 2 aliphatic rings. The first-order chi connectivity index (χ1) is 33.6. The van der Waals surface area contributed by atoms with Crippen molar-refractivity contribution < 1.29 is 67.1 Å². The van der Waals surface area contributed by atoms with E-state index >= 15 is 17.6 Å². The molecular weight excluding hydrogens is 909 g/mol. The molecule has 0 radical (unpaired) electrons. The maximum atomic E-state index is 17.0. The van der Waals surface area contributed by atoms with E-state index < -0.39 is 78.3 Å². The van der Waals surface area contributed by atoms with E-state index in [4.69, 9.17) is 18.9 Å². The first-order valence-electron chi connectivity index (χ1n) is 23.3. The monoisotopic (exact) mass is 968 g/mol. The molecule has 2 heterocycles. The van der Waals surface area contributed by atoms with Crippen molar-refractivity contribution in [3.63, 3.8) is 0 Å². The van der Waals surface area contributed by atoms with Gasteiger partial charge in [-0.25, -0.2) is 0 Å². The zero-order chi connectivity index (χ0) is 50.1. The lowest BCUT2D eigenvalue weighted by atomic mass is 9.80. The van der Waals surface area contributed by atoms with Crippen LogP contribution in [0.15, 0.2) is 170 Å². The van der Waals surface area contributed by atoms with Crippen LogP contribution in [0.3, 0.4) is 0 Å². The highest BCUT2D eigenvalue weighted by Gasteiger charge is 2.68. The SMILES string of the molecule is CC[C@H]1O[C@@](O)(C(F)(F)c2ccccc2Cc2ccccc2)[C@H](OCc2ccccc2)[C@@H](OCc2ccccc2)[C@@H]1C.OC[C@H]1O[C@@](O)(C(F)(F)c2ccccc2Cc2ccccc2)[C@H](O)[C@@H](O)[C@@H]1O. The van der Waals surface area contributed by atoms with Gasteiger partial charge in [-0.05, 0) is 52.6 Å². The van der Waals surface area contributed by atoms with Crippen LogP contribution in [0, 0.1) is 5.92 Å². The summed E-state index contributed by atoms with van der Waals surface area (Å²) in [6, 6.07) is 48.9. The molecule has 0 saturated carbocycles. The predicted molar refractivity (Wildman–Crippen MR) is 253 cm³/mol. The number of benzene rings is 6. The number of hydrogen-bond donors (Lipinski definition) is 6. The number of rotatable bonds is 16. The average Bonchev–Trinajstić information content (AvgIpc) is 3.38. The van der Waals surface area contributed by atoms with Crippen molar-refractivity contribution in [2.45, 2.75) is 112 Å². The highest BCUT2D eigenvalue weighted by molar-refractivity contribution is 5.39. The maximum Gasteiger partial charge on any atom is 0.328 e. The minimum atomic E-state index is -4.16. The molecule has 0 amide bonds. The summed E-state index contributed by atoms with van der Waals surface area (Å²) in [5, 5.41) is 61.8. The Balaban J connectivity index is 0.000000224. The van der Waals surface area contributed by atoms with Crippen LogP contribution in [0.25, 0.3) is 0 Å². The topological polar surface area (TPSA) is 158 Å².